The number of halogens is 2. The molecule has 0 fully saturated rings. The third-order valence-corrected chi connectivity index (χ3v) is 3.15. The van der Waals surface area contributed by atoms with E-state index in [-0.39, 0.29) is 48.3 Å². The van der Waals surface area contributed by atoms with Crippen LogP contribution in [-0.2, 0) is 4.79 Å². The molecule has 0 aliphatic rings. The predicted molar refractivity (Wildman–Crippen MR) is 103 cm³/mol. The van der Waals surface area contributed by atoms with Crippen molar-refractivity contribution in [2.24, 2.45) is 4.99 Å². The van der Waals surface area contributed by atoms with Gasteiger partial charge in [-0.15, -0.1) is 24.0 Å². The maximum Gasteiger partial charge on any atom is 0.241 e. The highest BCUT2D eigenvalue weighted by atomic mass is 127. The van der Waals surface area contributed by atoms with Crippen molar-refractivity contribution in [3.63, 3.8) is 0 Å². The molecule has 1 unspecified atom stereocenters. The zero-order valence-corrected chi connectivity index (χ0v) is 16.4. The average Bonchev–Trinajstić information content (AvgIpc) is 2.48. The molecule has 23 heavy (non-hydrogen) atoms. The highest BCUT2D eigenvalue weighted by molar-refractivity contribution is 14.0. The molecule has 0 spiro atoms. The number of aryl methyl sites for hydroxylation is 1. The summed E-state index contributed by atoms with van der Waals surface area (Å²) in [7, 11) is 0. The van der Waals surface area contributed by atoms with E-state index in [0.29, 0.717) is 24.6 Å². The van der Waals surface area contributed by atoms with E-state index in [4.69, 9.17) is 0 Å². The van der Waals surface area contributed by atoms with Crippen LogP contribution < -0.4 is 16.0 Å². The van der Waals surface area contributed by atoms with Crippen LogP contribution in [0.1, 0.15) is 37.9 Å². The summed E-state index contributed by atoms with van der Waals surface area (Å²) in [6.07, 6.45) is 0. The minimum Gasteiger partial charge on any atom is -0.357 e. The Morgan fingerprint density at radius 2 is 1.91 bits per heavy atom. The monoisotopic (exact) mass is 436 g/mol. The van der Waals surface area contributed by atoms with Gasteiger partial charge >= 0.3 is 0 Å². The number of aliphatic imine (C=N–C) groups is 1. The summed E-state index contributed by atoms with van der Waals surface area (Å²) in [4.78, 5) is 15.7. The van der Waals surface area contributed by atoms with Crippen molar-refractivity contribution in [3.05, 3.63) is 35.1 Å². The largest absolute Gasteiger partial charge is 0.357 e. The van der Waals surface area contributed by atoms with Gasteiger partial charge in [-0.2, -0.15) is 0 Å². The van der Waals surface area contributed by atoms with Crippen LogP contribution in [0.3, 0.4) is 0 Å². The van der Waals surface area contributed by atoms with Gasteiger partial charge in [0.25, 0.3) is 0 Å². The van der Waals surface area contributed by atoms with Crippen LogP contribution in [0.2, 0.25) is 0 Å². The van der Waals surface area contributed by atoms with E-state index in [0.717, 1.165) is 5.56 Å². The minimum atomic E-state index is -0.226. The van der Waals surface area contributed by atoms with Crippen molar-refractivity contribution >= 4 is 35.8 Å². The molecule has 3 N–H and O–H groups in total. The molecule has 0 aliphatic carbocycles. The first-order valence-electron chi connectivity index (χ1n) is 7.55. The molecule has 7 heteroatoms. The van der Waals surface area contributed by atoms with Crippen molar-refractivity contribution < 1.29 is 9.18 Å². The van der Waals surface area contributed by atoms with Crippen LogP contribution in [0, 0.1) is 12.7 Å². The van der Waals surface area contributed by atoms with Crippen molar-refractivity contribution in [2.75, 3.05) is 19.6 Å². The average molecular weight is 436 g/mol. The van der Waals surface area contributed by atoms with Crippen LogP contribution in [0.25, 0.3) is 0 Å². The van der Waals surface area contributed by atoms with Crippen LogP contribution in [0.15, 0.2) is 23.2 Å². The number of rotatable bonds is 6. The molecule has 1 aromatic carbocycles. The van der Waals surface area contributed by atoms with E-state index in [1.807, 2.05) is 26.8 Å². The summed E-state index contributed by atoms with van der Waals surface area (Å²) >= 11 is 0. The Kier molecular flexibility index (Phi) is 10.5. The lowest BCUT2D eigenvalue weighted by Gasteiger charge is -2.18. The minimum absolute atomic E-state index is 0. The van der Waals surface area contributed by atoms with Gasteiger partial charge in [0.15, 0.2) is 5.96 Å². The second-order valence-electron chi connectivity index (χ2n) is 5.02. The molecule has 0 saturated heterocycles. The van der Waals surface area contributed by atoms with Gasteiger partial charge in [0.2, 0.25) is 5.91 Å². The summed E-state index contributed by atoms with van der Waals surface area (Å²) in [5.41, 5.74) is 1.44. The lowest BCUT2D eigenvalue weighted by atomic mass is 10.1. The molecule has 1 amide bonds. The molecule has 5 nitrogen and oxygen atoms in total. The summed E-state index contributed by atoms with van der Waals surface area (Å²) in [5.74, 6) is 0.173. The Labute approximate surface area is 154 Å². The zero-order chi connectivity index (χ0) is 16.5. The van der Waals surface area contributed by atoms with Crippen LogP contribution >= 0.6 is 24.0 Å². The van der Waals surface area contributed by atoms with Crippen LogP contribution in [0.5, 0.6) is 0 Å². The van der Waals surface area contributed by atoms with Crippen molar-refractivity contribution in [3.8, 4) is 0 Å². The van der Waals surface area contributed by atoms with E-state index >= 15 is 0 Å². The number of hydrogen-bond donors (Lipinski definition) is 3. The fourth-order valence-electron chi connectivity index (χ4n) is 1.89. The predicted octanol–water partition coefficient (Wildman–Crippen LogP) is 2.50. The molecule has 0 bridgehead atoms. The Hall–Kier alpha value is -1.38. The topological polar surface area (TPSA) is 65.5 Å². The smallest absolute Gasteiger partial charge is 0.241 e. The molecular formula is C16H26FIN4O. The molecule has 1 atom stereocenters. The van der Waals surface area contributed by atoms with Gasteiger partial charge in [0.05, 0.1) is 6.04 Å². The first kappa shape index (κ1) is 21.6. The fourth-order valence-corrected chi connectivity index (χ4v) is 1.89. The van der Waals surface area contributed by atoms with E-state index in [9.17, 15) is 9.18 Å². The van der Waals surface area contributed by atoms with Crippen molar-refractivity contribution in [1.82, 2.24) is 16.0 Å². The van der Waals surface area contributed by atoms with Gasteiger partial charge in [0.1, 0.15) is 12.4 Å². The summed E-state index contributed by atoms with van der Waals surface area (Å²) in [6.45, 7) is 8.77. The second kappa shape index (κ2) is 11.2. The quantitative estimate of drug-likeness (QED) is 0.365. The Balaban J connectivity index is 0.00000484. The second-order valence-corrected chi connectivity index (χ2v) is 5.02. The number of hydrogen-bond acceptors (Lipinski definition) is 2. The van der Waals surface area contributed by atoms with Crippen molar-refractivity contribution in [2.45, 2.75) is 33.7 Å². The van der Waals surface area contributed by atoms with Gasteiger partial charge in [-0.1, -0.05) is 12.1 Å². The molecule has 1 rings (SSSR count). The highest BCUT2D eigenvalue weighted by Gasteiger charge is 2.10. The number of guanidine groups is 1. The summed E-state index contributed by atoms with van der Waals surface area (Å²) in [5, 5.41) is 8.93. The van der Waals surface area contributed by atoms with E-state index in [2.05, 4.69) is 20.9 Å². The van der Waals surface area contributed by atoms with Gasteiger partial charge in [0, 0.05) is 13.1 Å². The SMILES string of the molecule is CCNC(=O)CN=C(NCC)NC(C)c1ccc(C)c(F)c1.I. The van der Waals surface area contributed by atoms with Crippen LogP contribution in [0.4, 0.5) is 4.39 Å². The first-order chi connectivity index (χ1) is 10.5. The number of amides is 1. The van der Waals surface area contributed by atoms with Gasteiger partial charge in [-0.25, -0.2) is 9.38 Å². The fraction of sp³-hybridized carbons (Fsp3) is 0.500. The number of likely N-dealkylation sites (N-methyl/N-ethyl adjacent to an activating group) is 1. The summed E-state index contributed by atoms with van der Waals surface area (Å²) in [6, 6.07) is 5.02. The number of carbonyl (C=O) groups is 1. The third-order valence-electron chi connectivity index (χ3n) is 3.15. The van der Waals surface area contributed by atoms with Gasteiger partial charge in [-0.05, 0) is 44.9 Å². The molecule has 0 aromatic heterocycles. The first-order valence-corrected chi connectivity index (χ1v) is 7.55. The lowest BCUT2D eigenvalue weighted by Crippen LogP contribution is -2.39. The molecule has 0 saturated carbocycles. The number of benzene rings is 1. The highest BCUT2D eigenvalue weighted by Crippen LogP contribution is 2.16. The Morgan fingerprint density at radius 3 is 2.48 bits per heavy atom. The van der Waals surface area contributed by atoms with E-state index < -0.39 is 0 Å². The number of carbonyl (C=O) groups excluding carboxylic acids is 1. The number of nitrogens with one attached hydrogen (secondary N) is 3. The molecule has 1 aromatic rings. The Morgan fingerprint density at radius 1 is 1.26 bits per heavy atom. The molecule has 0 heterocycles. The van der Waals surface area contributed by atoms with E-state index in [1.165, 1.54) is 6.07 Å². The third kappa shape index (κ3) is 7.62. The maximum atomic E-state index is 13.6. The maximum absolute atomic E-state index is 13.6. The zero-order valence-electron chi connectivity index (χ0n) is 14.1. The Bertz CT molecular complexity index is 537. The lowest BCUT2D eigenvalue weighted by molar-refractivity contribution is -0.119. The summed E-state index contributed by atoms with van der Waals surface area (Å²) < 4.78 is 13.6. The molecule has 130 valence electrons. The normalized spacial score (nSPS) is 12.1. The van der Waals surface area contributed by atoms with Crippen molar-refractivity contribution in [1.29, 1.82) is 0 Å². The van der Waals surface area contributed by atoms with Crippen LogP contribution in [-0.4, -0.2) is 31.5 Å². The number of nitrogens with zero attached hydrogens (tertiary/aromatic N) is 1. The van der Waals surface area contributed by atoms with E-state index in [1.54, 1.807) is 13.0 Å². The molecule has 0 radical (unpaired) electrons. The molecule has 0 aliphatic heterocycles. The van der Waals surface area contributed by atoms with Gasteiger partial charge in [-0.3, -0.25) is 4.79 Å². The standard InChI is InChI=1S/C16H25FN4O.HI/c1-5-18-15(22)10-20-16(19-6-2)21-12(4)13-8-7-11(3)14(17)9-13;/h7-9,12H,5-6,10H2,1-4H3,(H,18,22)(H2,19,20,21);1H. The molecular weight excluding hydrogens is 410 g/mol. The van der Waals surface area contributed by atoms with Gasteiger partial charge < -0.3 is 16.0 Å².